The zero-order chi connectivity index (χ0) is 24.7. The highest BCUT2D eigenvalue weighted by atomic mass is 16.5. The fourth-order valence-corrected chi connectivity index (χ4v) is 4.54. The van der Waals surface area contributed by atoms with Gasteiger partial charge in [-0.05, 0) is 45.0 Å². The summed E-state index contributed by atoms with van der Waals surface area (Å²) in [6.07, 6.45) is 0.892. The first-order valence-electron chi connectivity index (χ1n) is 11.6. The van der Waals surface area contributed by atoms with Gasteiger partial charge in [-0.1, -0.05) is 18.2 Å². The maximum atomic E-state index is 13.2. The number of hydrogen-bond donors (Lipinski definition) is 2. The number of hydrogen-bond acceptors (Lipinski definition) is 6. The Kier molecular flexibility index (Phi) is 5.62. The lowest BCUT2D eigenvalue weighted by Gasteiger charge is -2.19. The summed E-state index contributed by atoms with van der Waals surface area (Å²) >= 11 is 0. The number of imide groups is 1. The third kappa shape index (κ3) is 4.07. The lowest BCUT2D eigenvalue weighted by molar-refractivity contribution is -0.135. The summed E-state index contributed by atoms with van der Waals surface area (Å²) < 4.78 is 17.4. The van der Waals surface area contributed by atoms with Gasteiger partial charge in [-0.3, -0.25) is 14.5 Å². The van der Waals surface area contributed by atoms with E-state index in [0.29, 0.717) is 23.7 Å². The molecule has 2 aliphatic rings. The van der Waals surface area contributed by atoms with Gasteiger partial charge in [0, 0.05) is 29.5 Å². The number of furan rings is 1. The van der Waals surface area contributed by atoms with Gasteiger partial charge in [0.2, 0.25) is 5.91 Å². The van der Waals surface area contributed by atoms with E-state index in [9.17, 15) is 14.4 Å². The van der Waals surface area contributed by atoms with Gasteiger partial charge in [0.1, 0.15) is 35.5 Å². The quantitative estimate of drug-likeness (QED) is 0.506. The Bertz CT molecular complexity index is 1300. The van der Waals surface area contributed by atoms with Gasteiger partial charge in [0.25, 0.3) is 5.91 Å². The van der Waals surface area contributed by atoms with Crippen LogP contribution in [0.25, 0.3) is 11.0 Å². The molecule has 2 aromatic carbocycles. The molecule has 9 nitrogen and oxygen atoms in total. The van der Waals surface area contributed by atoms with Crippen molar-refractivity contribution in [2.24, 2.45) is 0 Å². The van der Waals surface area contributed by atoms with E-state index in [1.807, 2.05) is 44.2 Å². The number of carbonyl (C=O) groups excluding carboxylic acids is 3. The van der Waals surface area contributed by atoms with Gasteiger partial charge in [0.05, 0.1) is 6.61 Å². The molecule has 5 rings (SSSR count). The van der Waals surface area contributed by atoms with E-state index in [4.69, 9.17) is 13.9 Å². The van der Waals surface area contributed by atoms with Crippen LogP contribution in [0, 0.1) is 0 Å². The topological polar surface area (TPSA) is 110 Å². The van der Waals surface area contributed by atoms with Crippen LogP contribution in [-0.4, -0.2) is 42.0 Å². The summed E-state index contributed by atoms with van der Waals surface area (Å²) in [5.74, 6) is 0.748. The smallest absolute Gasteiger partial charge is 0.325 e. The monoisotopic (exact) mass is 477 g/mol. The lowest BCUT2D eigenvalue weighted by Crippen LogP contribution is -2.43. The molecule has 35 heavy (non-hydrogen) atoms. The van der Waals surface area contributed by atoms with E-state index in [2.05, 4.69) is 10.6 Å². The Morgan fingerprint density at radius 3 is 2.83 bits per heavy atom. The predicted molar refractivity (Wildman–Crippen MR) is 127 cm³/mol. The van der Waals surface area contributed by atoms with Crippen molar-refractivity contribution in [1.29, 1.82) is 0 Å². The van der Waals surface area contributed by atoms with Crippen molar-refractivity contribution < 1.29 is 28.3 Å². The number of para-hydroxylation sites is 1. The van der Waals surface area contributed by atoms with Crippen molar-refractivity contribution >= 4 is 28.8 Å². The average Bonchev–Trinajstić information content (AvgIpc) is 3.48. The molecule has 3 aromatic rings. The minimum Gasteiger partial charge on any atom is -0.494 e. The van der Waals surface area contributed by atoms with Gasteiger partial charge in [-0.2, -0.15) is 0 Å². The molecule has 0 saturated carbocycles. The number of amides is 4. The first kappa shape index (κ1) is 22.8. The van der Waals surface area contributed by atoms with Crippen LogP contribution in [-0.2, 0) is 28.1 Å². The normalized spacial score (nSPS) is 21.1. The summed E-state index contributed by atoms with van der Waals surface area (Å²) in [5, 5.41) is 6.28. The molecule has 2 aliphatic heterocycles. The number of nitrogens with zero attached hydrogens (tertiary/aromatic N) is 1. The summed E-state index contributed by atoms with van der Waals surface area (Å²) in [6, 6.07) is 12.2. The molecule has 0 unspecified atom stereocenters. The largest absolute Gasteiger partial charge is 0.494 e. The second kappa shape index (κ2) is 8.65. The zero-order valence-electron chi connectivity index (χ0n) is 19.8. The van der Waals surface area contributed by atoms with Crippen molar-refractivity contribution in [1.82, 2.24) is 15.5 Å². The molecule has 3 heterocycles. The van der Waals surface area contributed by atoms with E-state index in [1.54, 1.807) is 19.1 Å². The fraction of sp³-hybridized carbons (Fsp3) is 0.346. The fourth-order valence-electron chi connectivity index (χ4n) is 4.54. The highest BCUT2D eigenvalue weighted by Crippen LogP contribution is 2.35. The molecule has 2 N–H and O–H groups in total. The number of urea groups is 1. The van der Waals surface area contributed by atoms with Gasteiger partial charge < -0.3 is 24.5 Å². The Morgan fingerprint density at radius 1 is 1.26 bits per heavy atom. The number of rotatable bonds is 7. The number of benzene rings is 2. The van der Waals surface area contributed by atoms with E-state index >= 15 is 0 Å². The van der Waals surface area contributed by atoms with Gasteiger partial charge in [-0.15, -0.1) is 0 Å². The van der Waals surface area contributed by atoms with Crippen LogP contribution in [0.2, 0.25) is 0 Å². The average molecular weight is 478 g/mol. The highest BCUT2D eigenvalue weighted by Gasteiger charge is 2.51. The summed E-state index contributed by atoms with van der Waals surface area (Å²) in [4.78, 5) is 39.4. The Balaban J connectivity index is 1.28. The second-order valence-electron chi connectivity index (χ2n) is 9.00. The molecule has 1 fully saturated rings. The van der Waals surface area contributed by atoms with Crippen LogP contribution in [0.3, 0.4) is 0 Å². The van der Waals surface area contributed by atoms with Gasteiger partial charge in [0.15, 0.2) is 5.54 Å². The maximum absolute atomic E-state index is 13.2. The maximum Gasteiger partial charge on any atom is 0.325 e. The Hall–Kier alpha value is -4.01. The molecular formula is C26H27N3O6. The van der Waals surface area contributed by atoms with Crippen molar-refractivity contribution in [3.8, 4) is 11.5 Å². The molecule has 1 saturated heterocycles. The first-order chi connectivity index (χ1) is 16.8. The number of fused-ring (bicyclic) bond motifs is 2. The molecule has 1 aromatic heterocycles. The van der Waals surface area contributed by atoms with Crippen molar-refractivity contribution in [2.75, 3.05) is 13.2 Å². The van der Waals surface area contributed by atoms with Crippen LogP contribution in [0.1, 0.15) is 37.7 Å². The van der Waals surface area contributed by atoms with Gasteiger partial charge in [-0.25, -0.2) is 4.79 Å². The van der Waals surface area contributed by atoms with E-state index in [1.165, 1.54) is 0 Å². The minimum absolute atomic E-state index is 0.0880. The molecule has 0 radical (unpaired) electrons. The van der Waals surface area contributed by atoms with Crippen molar-refractivity contribution in [3.63, 3.8) is 0 Å². The lowest BCUT2D eigenvalue weighted by atomic mass is 9.99. The van der Waals surface area contributed by atoms with E-state index in [0.717, 1.165) is 33.6 Å². The van der Waals surface area contributed by atoms with Crippen LogP contribution in [0.15, 0.2) is 46.9 Å². The predicted octanol–water partition coefficient (Wildman–Crippen LogP) is 3.24. The second-order valence-corrected chi connectivity index (χ2v) is 9.00. The molecule has 2 atom stereocenters. The van der Waals surface area contributed by atoms with E-state index in [-0.39, 0.29) is 12.6 Å². The first-order valence-corrected chi connectivity index (χ1v) is 11.6. The number of nitrogens with one attached hydrogen (secondary N) is 2. The van der Waals surface area contributed by atoms with Crippen LogP contribution in [0.4, 0.5) is 4.79 Å². The van der Waals surface area contributed by atoms with Crippen LogP contribution in [0.5, 0.6) is 11.5 Å². The summed E-state index contributed by atoms with van der Waals surface area (Å²) in [5.41, 5.74) is 1.05. The molecule has 0 bridgehead atoms. The number of carbonyl (C=O) groups is 3. The summed E-state index contributed by atoms with van der Waals surface area (Å²) in [6.45, 7) is 5.71. The molecule has 9 heteroatoms. The summed E-state index contributed by atoms with van der Waals surface area (Å²) in [7, 11) is 0. The zero-order valence-corrected chi connectivity index (χ0v) is 19.8. The SMILES string of the molecule is CCOc1cc2c(cc1CNC(=O)CN1C(=O)N[C@](C)(c3cc4ccccc4o3)C1=O)O[C@@H](C)C2. The third-order valence-electron chi connectivity index (χ3n) is 6.35. The van der Waals surface area contributed by atoms with Crippen LogP contribution < -0.4 is 20.1 Å². The molecule has 182 valence electrons. The van der Waals surface area contributed by atoms with Crippen LogP contribution >= 0.6 is 0 Å². The van der Waals surface area contributed by atoms with Crippen molar-refractivity contribution in [3.05, 3.63) is 59.4 Å². The third-order valence-corrected chi connectivity index (χ3v) is 6.35. The standard InChI is InChI=1S/C26H27N3O6/c1-4-33-20-10-17-9-15(2)34-21(17)11-18(20)13-27-23(30)14-29-24(31)26(3,28-25(29)32)22-12-16-7-5-6-8-19(16)35-22/h5-8,10-12,15H,4,9,13-14H2,1-3H3,(H,27,30)(H,28,32)/t15-,26+/m0/s1. The minimum atomic E-state index is -1.40. The van der Waals surface area contributed by atoms with E-state index < -0.39 is 29.9 Å². The number of ether oxygens (including phenoxy) is 2. The highest BCUT2D eigenvalue weighted by molar-refractivity contribution is 6.09. The molecule has 4 amide bonds. The Labute approximate surface area is 202 Å². The molecular weight excluding hydrogens is 450 g/mol. The van der Waals surface area contributed by atoms with Crippen molar-refractivity contribution in [2.45, 2.75) is 45.4 Å². The van der Waals surface area contributed by atoms with Gasteiger partial charge >= 0.3 is 6.03 Å². The molecule has 0 spiro atoms. The Morgan fingerprint density at radius 2 is 2.06 bits per heavy atom. The molecule has 0 aliphatic carbocycles.